The lowest BCUT2D eigenvalue weighted by atomic mass is 10.1. The third-order valence-corrected chi connectivity index (χ3v) is 7.06. The number of anilines is 1. The van der Waals surface area contributed by atoms with E-state index in [4.69, 9.17) is 0 Å². The summed E-state index contributed by atoms with van der Waals surface area (Å²) in [7, 11) is -3.51. The number of hydrogen-bond acceptors (Lipinski definition) is 4. The zero-order chi connectivity index (χ0) is 25.3. The smallest absolute Gasteiger partial charge is 0.242 e. The average Bonchev–Trinajstić information content (AvgIpc) is 2.78. The molecule has 0 aromatic heterocycles. The Hall–Kier alpha value is -2.87. The van der Waals surface area contributed by atoms with Crippen LogP contribution in [0.5, 0.6) is 0 Å². The molecule has 7 nitrogen and oxygen atoms in total. The highest BCUT2D eigenvalue weighted by Gasteiger charge is 2.29. The molecule has 0 unspecified atom stereocenters. The molecule has 34 heavy (non-hydrogen) atoms. The Morgan fingerprint density at radius 1 is 0.971 bits per heavy atom. The Bertz CT molecular complexity index is 1080. The van der Waals surface area contributed by atoms with Gasteiger partial charge in [-0.05, 0) is 56.4 Å². The van der Waals surface area contributed by atoms with Gasteiger partial charge in [-0.1, -0.05) is 49.4 Å². The number of rotatable bonds is 12. The third-order valence-electron chi connectivity index (χ3n) is 5.88. The SMILES string of the molecule is CCNC(=O)[C@H](CC)N(Cc1ccccc1C)C(=O)CCCN(c1ccccc1C)S(C)(=O)=O. The minimum Gasteiger partial charge on any atom is -0.355 e. The molecule has 186 valence electrons. The molecule has 0 aliphatic heterocycles. The normalized spacial score (nSPS) is 12.1. The highest BCUT2D eigenvalue weighted by atomic mass is 32.2. The van der Waals surface area contributed by atoms with E-state index >= 15 is 0 Å². The second-order valence-electron chi connectivity index (χ2n) is 8.49. The van der Waals surface area contributed by atoms with E-state index in [9.17, 15) is 18.0 Å². The molecule has 0 spiro atoms. The molecule has 0 saturated carbocycles. The fourth-order valence-corrected chi connectivity index (χ4v) is 5.03. The number of carbonyl (C=O) groups is 2. The van der Waals surface area contributed by atoms with Gasteiger partial charge in [0.2, 0.25) is 21.8 Å². The van der Waals surface area contributed by atoms with Crippen LogP contribution in [0.25, 0.3) is 0 Å². The number of nitrogens with zero attached hydrogens (tertiary/aromatic N) is 2. The van der Waals surface area contributed by atoms with Crippen LogP contribution in [0.3, 0.4) is 0 Å². The zero-order valence-electron chi connectivity index (χ0n) is 20.9. The maximum absolute atomic E-state index is 13.4. The van der Waals surface area contributed by atoms with Crippen LogP contribution >= 0.6 is 0 Å². The molecule has 2 aromatic carbocycles. The second-order valence-corrected chi connectivity index (χ2v) is 10.4. The van der Waals surface area contributed by atoms with Gasteiger partial charge in [0.25, 0.3) is 0 Å². The minimum atomic E-state index is -3.51. The Morgan fingerprint density at radius 2 is 1.59 bits per heavy atom. The number of para-hydroxylation sites is 1. The fraction of sp³-hybridized carbons (Fsp3) is 0.462. The zero-order valence-corrected chi connectivity index (χ0v) is 21.7. The highest BCUT2D eigenvalue weighted by Crippen LogP contribution is 2.23. The van der Waals surface area contributed by atoms with E-state index in [1.165, 1.54) is 10.6 Å². The number of aryl methyl sites for hydroxylation is 2. The molecule has 8 heteroatoms. The molecule has 1 atom stereocenters. The van der Waals surface area contributed by atoms with Crippen molar-refractivity contribution in [2.75, 3.05) is 23.7 Å². The van der Waals surface area contributed by atoms with Gasteiger partial charge in [-0.3, -0.25) is 13.9 Å². The van der Waals surface area contributed by atoms with Crippen LogP contribution in [0.15, 0.2) is 48.5 Å². The van der Waals surface area contributed by atoms with E-state index in [1.54, 1.807) is 17.0 Å². The van der Waals surface area contributed by atoms with E-state index in [0.29, 0.717) is 31.6 Å². The van der Waals surface area contributed by atoms with Gasteiger partial charge in [-0.25, -0.2) is 8.42 Å². The van der Waals surface area contributed by atoms with Crippen LogP contribution in [-0.2, 0) is 26.2 Å². The number of amides is 2. The molecular weight excluding hydrogens is 450 g/mol. The van der Waals surface area contributed by atoms with Crippen molar-refractivity contribution in [1.82, 2.24) is 10.2 Å². The van der Waals surface area contributed by atoms with E-state index in [1.807, 2.05) is 64.1 Å². The highest BCUT2D eigenvalue weighted by molar-refractivity contribution is 7.92. The van der Waals surface area contributed by atoms with E-state index in [-0.39, 0.29) is 24.8 Å². The van der Waals surface area contributed by atoms with Crippen molar-refractivity contribution < 1.29 is 18.0 Å². The molecule has 2 rings (SSSR count). The van der Waals surface area contributed by atoms with E-state index in [0.717, 1.165) is 16.7 Å². The Balaban J connectivity index is 2.22. The minimum absolute atomic E-state index is 0.139. The van der Waals surface area contributed by atoms with Crippen LogP contribution in [0.4, 0.5) is 5.69 Å². The number of sulfonamides is 1. The molecule has 0 heterocycles. The summed E-state index contributed by atoms with van der Waals surface area (Å²) >= 11 is 0. The number of likely N-dealkylation sites (N-methyl/N-ethyl adjacent to an activating group) is 1. The number of hydrogen-bond donors (Lipinski definition) is 1. The van der Waals surface area contributed by atoms with Crippen molar-refractivity contribution in [2.24, 2.45) is 0 Å². The van der Waals surface area contributed by atoms with Gasteiger partial charge in [-0.2, -0.15) is 0 Å². The van der Waals surface area contributed by atoms with Crippen molar-refractivity contribution in [3.63, 3.8) is 0 Å². The number of carbonyl (C=O) groups excluding carboxylic acids is 2. The second kappa shape index (κ2) is 12.6. The van der Waals surface area contributed by atoms with Crippen molar-refractivity contribution in [3.8, 4) is 0 Å². The lowest BCUT2D eigenvalue weighted by Crippen LogP contribution is -2.49. The van der Waals surface area contributed by atoms with Crippen molar-refractivity contribution >= 4 is 27.5 Å². The molecule has 2 aromatic rings. The van der Waals surface area contributed by atoms with Crippen LogP contribution in [-0.4, -0.2) is 50.5 Å². The largest absolute Gasteiger partial charge is 0.355 e. The Morgan fingerprint density at radius 3 is 2.15 bits per heavy atom. The lowest BCUT2D eigenvalue weighted by molar-refractivity contribution is -0.141. The first-order valence-corrected chi connectivity index (χ1v) is 13.6. The summed E-state index contributed by atoms with van der Waals surface area (Å²) in [6.07, 6.45) is 2.14. The fourth-order valence-electron chi connectivity index (χ4n) is 4.01. The van der Waals surface area contributed by atoms with Crippen LogP contribution in [0, 0.1) is 13.8 Å². The summed E-state index contributed by atoms with van der Waals surface area (Å²) in [5.74, 6) is -0.343. The summed E-state index contributed by atoms with van der Waals surface area (Å²) in [4.78, 5) is 27.8. The maximum Gasteiger partial charge on any atom is 0.242 e. The van der Waals surface area contributed by atoms with Gasteiger partial charge in [0.05, 0.1) is 11.9 Å². The number of nitrogens with one attached hydrogen (secondary N) is 1. The van der Waals surface area contributed by atoms with Crippen molar-refractivity contribution in [3.05, 3.63) is 65.2 Å². The first-order chi connectivity index (χ1) is 16.1. The van der Waals surface area contributed by atoms with Gasteiger partial charge < -0.3 is 10.2 Å². The van der Waals surface area contributed by atoms with E-state index in [2.05, 4.69) is 5.32 Å². The summed E-state index contributed by atoms with van der Waals surface area (Å²) in [6, 6.07) is 14.5. The molecule has 0 radical (unpaired) electrons. The van der Waals surface area contributed by atoms with Crippen molar-refractivity contribution in [1.29, 1.82) is 0 Å². The van der Waals surface area contributed by atoms with Gasteiger partial charge in [-0.15, -0.1) is 0 Å². The monoisotopic (exact) mass is 487 g/mol. The molecule has 2 amide bonds. The Kier molecular flexibility index (Phi) is 10.1. The summed E-state index contributed by atoms with van der Waals surface area (Å²) in [5, 5.41) is 2.83. The molecule has 0 aliphatic carbocycles. The third kappa shape index (κ3) is 7.32. The predicted molar refractivity (Wildman–Crippen MR) is 137 cm³/mol. The van der Waals surface area contributed by atoms with Crippen LogP contribution < -0.4 is 9.62 Å². The molecular formula is C26H37N3O4S. The summed E-state index contributed by atoms with van der Waals surface area (Å²) in [6.45, 7) is 8.59. The first kappa shape index (κ1) is 27.4. The predicted octanol–water partition coefficient (Wildman–Crippen LogP) is 3.79. The molecule has 1 N–H and O–H groups in total. The average molecular weight is 488 g/mol. The Labute approximate surface area is 204 Å². The number of benzene rings is 2. The van der Waals surface area contributed by atoms with E-state index < -0.39 is 16.1 Å². The summed E-state index contributed by atoms with van der Waals surface area (Å²) < 4.78 is 26.3. The van der Waals surface area contributed by atoms with Crippen LogP contribution in [0.1, 0.15) is 49.8 Å². The molecule has 0 bridgehead atoms. The van der Waals surface area contributed by atoms with Gasteiger partial charge >= 0.3 is 0 Å². The van der Waals surface area contributed by atoms with Crippen molar-refractivity contribution in [2.45, 2.75) is 59.5 Å². The topological polar surface area (TPSA) is 86.8 Å². The molecule has 0 aliphatic rings. The van der Waals surface area contributed by atoms with Gasteiger partial charge in [0, 0.05) is 26.1 Å². The standard InChI is InChI=1S/C26H37N3O4S/c1-6-23(26(31)27-7-2)28(19-22-15-10-8-13-20(22)3)25(30)17-12-18-29(34(5,32)33)24-16-11-9-14-21(24)4/h8-11,13-16,23H,6-7,12,17-19H2,1-5H3,(H,27,31)/t23-/m0/s1. The molecule has 0 saturated heterocycles. The first-order valence-electron chi connectivity index (χ1n) is 11.7. The van der Waals surface area contributed by atoms with Gasteiger partial charge in [0.1, 0.15) is 6.04 Å². The van der Waals surface area contributed by atoms with Crippen LogP contribution in [0.2, 0.25) is 0 Å². The molecule has 0 fully saturated rings. The maximum atomic E-state index is 13.4. The lowest BCUT2D eigenvalue weighted by Gasteiger charge is -2.31. The summed E-state index contributed by atoms with van der Waals surface area (Å²) in [5.41, 5.74) is 3.50. The quantitative estimate of drug-likeness (QED) is 0.493. The van der Waals surface area contributed by atoms with Gasteiger partial charge in [0.15, 0.2) is 0 Å².